The molecular formula is C20H28O3. The Morgan fingerprint density at radius 3 is 2.65 bits per heavy atom. The van der Waals surface area contributed by atoms with E-state index in [-0.39, 0.29) is 17.8 Å². The number of aliphatic hydroxyl groups is 1. The second-order valence-corrected chi connectivity index (χ2v) is 7.66. The average Bonchev–Trinajstić information content (AvgIpc) is 2.93. The summed E-state index contributed by atoms with van der Waals surface area (Å²) in [5.41, 5.74) is 2.89. The van der Waals surface area contributed by atoms with Crippen LogP contribution in [0.3, 0.4) is 0 Å². The van der Waals surface area contributed by atoms with E-state index in [4.69, 9.17) is 9.47 Å². The first-order valence-electron chi connectivity index (χ1n) is 9.03. The Morgan fingerprint density at radius 1 is 1.09 bits per heavy atom. The van der Waals surface area contributed by atoms with E-state index < -0.39 is 0 Å². The van der Waals surface area contributed by atoms with Crippen LogP contribution in [0, 0.1) is 17.3 Å². The largest absolute Gasteiger partial charge is 0.392 e. The van der Waals surface area contributed by atoms with Crippen LogP contribution in [0.4, 0.5) is 0 Å². The summed E-state index contributed by atoms with van der Waals surface area (Å²) < 4.78 is 11.4. The molecule has 4 rings (SSSR count). The van der Waals surface area contributed by atoms with Crippen LogP contribution in [0.15, 0.2) is 24.3 Å². The summed E-state index contributed by atoms with van der Waals surface area (Å²) >= 11 is 0. The molecule has 0 amide bonds. The van der Waals surface area contributed by atoms with Gasteiger partial charge in [0.1, 0.15) is 0 Å². The Kier molecular flexibility index (Phi) is 3.99. The summed E-state index contributed by atoms with van der Waals surface area (Å²) in [6, 6.07) is 8.97. The predicted octanol–water partition coefficient (Wildman–Crippen LogP) is 3.50. The summed E-state index contributed by atoms with van der Waals surface area (Å²) in [6.07, 6.45) is 5.95. The topological polar surface area (TPSA) is 38.7 Å². The van der Waals surface area contributed by atoms with Gasteiger partial charge in [-0.3, -0.25) is 0 Å². The Morgan fingerprint density at radius 2 is 1.87 bits per heavy atom. The standard InChI is InChI=1S/C20H28O3/c1-22-19(23-2)20-12-11-15-14-6-4-3-5-13(14)7-8-16(15)17(20)9-10-18(20)21/h3-6,15-19,21H,7-12H2,1-2H3/t15-,16-,17+,18+,20-/m1/s1. The first-order valence-corrected chi connectivity index (χ1v) is 9.03. The zero-order valence-electron chi connectivity index (χ0n) is 14.2. The average molecular weight is 316 g/mol. The molecule has 1 aromatic rings. The summed E-state index contributed by atoms with van der Waals surface area (Å²) in [4.78, 5) is 0. The maximum Gasteiger partial charge on any atom is 0.165 e. The van der Waals surface area contributed by atoms with Crippen LogP contribution in [0.1, 0.15) is 49.1 Å². The van der Waals surface area contributed by atoms with Crippen molar-refractivity contribution < 1.29 is 14.6 Å². The molecule has 3 heteroatoms. The number of hydrogen-bond donors (Lipinski definition) is 1. The number of aryl methyl sites for hydroxylation is 1. The fourth-order valence-corrected chi connectivity index (χ4v) is 6.21. The van der Waals surface area contributed by atoms with Gasteiger partial charge in [0, 0.05) is 14.2 Å². The summed E-state index contributed by atoms with van der Waals surface area (Å²) in [7, 11) is 3.43. The number of methoxy groups -OCH3 is 2. The van der Waals surface area contributed by atoms with Crippen LogP contribution in [-0.2, 0) is 15.9 Å². The third-order valence-electron chi connectivity index (χ3n) is 7.05. The zero-order valence-corrected chi connectivity index (χ0v) is 14.2. The minimum atomic E-state index is -0.296. The highest BCUT2D eigenvalue weighted by atomic mass is 16.7. The molecule has 5 atom stereocenters. The molecule has 2 saturated carbocycles. The molecule has 2 fully saturated rings. The van der Waals surface area contributed by atoms with Gasteiger partial charge in [-0.25, -0.2) is 0 Å². The van der Waals surface area contributed by atoms with Crippen molar-refractivity contribution in [2.75, 3.05) is 14.2 Å². The van der Waals surface area contributed by atoms with E-state index in [1.807, 2.05) is 0 Å². The van der Waals surface area contributed by atoms with Crippen LogP contribution in [0.5, 0.6) is 0 Å². The second kappa shape index (κ2) is 5.87. The van der Waals surface area contributed by atoms with E-state index >= 15 is 0 Å². The van der Waals surface area contributed by atoms with Crippen molar-refractivity contribution in [3.05, 3.63) is 35.4 Å². The van der Waals surface area contributed by atoms with Crippen LogP contribution in [0.25, 0.3) is 0 Å². The molecule has 3 aliphatic carbocycles. The Labute approximate surface area is 139 Å². The van der Waals surface area contributed by atoms with Crippen molar-refractivity contribution in [2.45, 2.75) is 56.8 Å². The molecule has 3 nitrogen and oxygen atoms in total. The SMILES string of the molecule is COC(OC)[C@]12CC[C@@H]3c4ccccc4CC[C@H]3[C@@H]1CC[C@@H]2O. The lowest BCUT2D eigenvalue weighted by Crippen LogP contribution is -2.53. The van der Waals surface area contributed by atoms with Crippen molar-refractivity contribution in [3.63, 3.8) is 0 Å². The fourth-order valence-electron chi connectivity index (χ4n) is 6.21. The highest BCUT2D eigenvalue weighted by Crippen LogP contribution is 2.62. The van der Waals surface area contributed by atoms with E-state index in [2.05, 4.69) is 24.3 Å². The molecule has 0 spiro atoms. The van der Waals surface area contributed by atoms with Gasteiger partial charge in [0.25, 0.3) is 0 Å². The van der Waals surface area contributed by atoms with E-state index in [0.717, 1.165) is 25.7 Å². The van der Waals surface area contributed by atoms with Gasteiger partial charge < -0.3 is 14.6 Å². The van der Waals surface area contributed by atoms with Gasteiger partial charge in [0.15, 0.2) is 6.29 Å². The van der Waals surface area contributed by atoms with Crippen molar-refractivity contribution in [1.82, 2.24) is 0 Å². The van der Waals surface area contributed by atoms with Gasteiger partial charge in [0.05, 0.1) is 11.5 Å². The molecule has 0 radical (unpaired) electrons. The van der Waals surface area contributed by atoms with E-state index in [0.29, 0.717) is 17.8 Å². The molecule has 1 N–H and O–H groups in total. The molecule has 0 bridgehead atoms. The second-order valence-electron chi connectivity index (χ2n) is 7.66. The minimum absolute atomic E-state index is 0.211. The van der Waals surface area contributed by atoms with Crippen LogP contribution >= 0.6 is 0 Å². The van der Waals surface area contributed by atoms with Crippen molar-refractivity contribution in [2.24, 2.45) is 17.3 Å². The monoisotopic (exact) mass is 316 g/mol. The quantitative estimate of drug-likeness (QED) is 0.867. The van der Waals surface area contributed by atoms with Crippen LogP contribution < -0.4 is 0 Å². The maximum atomic E-state index is 10.8. The van der Waals surface area contributed by atoms with E-state index in [9.17, 15) is 5.11 Å². The first-order chi connectivity index (χ1) is 11.2. The molecule has 126 valence electrons. The highest BCUT2D eigenvalue weighted by molar-refractivity contribution is 5.35. The molecule has 0 aromatic heterocycles. The molecule has 0 unspecified atom stereocenters. The number of hydrogen-bond acceptors (Lipinski definition) is 3. The number of fused-ring (bicyclic) bond motifs is 5. The normalized spacial score (nSPS) is 39.0. The highest BCUT2D eigenvalue weighted by Gasteiger charge is 2.61. The summed E-state index contributed by atoms with van der Waals surface area (Å²) in [6.45, 7) is 0. The molecule has 0 heterocycles. The third kappa shape index (κ3) is 2.13. The maximum absolute atomic E-state index is 10.8. The van der Waals surface area contributed by atoms with Crippen molar-refractivity contribution >= 4 is 0 Å². The van der Waals surface area contributed by atoms with Crippen molar-refractivity contribution in [1.29, 1.82) is 0 Å². The minimum Gasteiger partial charge on any atom is -0.392 e. The van der Waals surface area contributed by atoms with Gasteiger partial charge in [-0.1, -0.05) is 24.3 Å². The Balaban J connectivity index is 1.71. The summed E-state index contributed by atoms with van der Waals surface area (Å²) in [5, 5.41) is 10.8. The lowest BCUT2D eigenvalue weighted by atomic mass is 9.54. The zero-order chi connectivity index (χ0) is 16.0. The van der Waals surface area contributed by atoms with E-state index in [1.54, 1.807) is 19.8 Å². The Bertz CT molecular complexity index is 568. The van der Waals surface area contributed by atoms with Gasteiger partial charge >= 0.3 is 0 Å². The molecule has 1 aromatic carbocycles. The van der Waals surface area contributed by atoms with Crippen LogP contribution in [-0.4, -0.2) is 31.7 Å². The number of rotatable bonds is 3. The molecule has 3 aliphatic rings. The molecule has 23 heavy (non-hydrogen) atoms. The summed E-state index contributed by atoms with van der Waals surface area (Å²) in [5.74, 6) is 1.82. The smallest absolute Gasteiger partial charge is 0.165 e. The Hall–Kier alpha value is -0.900. The molecule has 0 aliphatic heterocycles. The number of aliphatic hydroxyl groups excluding tert-OH is 1. The number of ether oxygens (including phenoxy) is 2. The number of benzene rings is 1. The van der Waals surface area contributed by atoms with Gasteiger partial charge in [-0.05, 0) is 67.4 Å². The fraction of sp³-hybridized carbons (Fsp3) is 0.700. The van der Waals surface area contributed by atoms with Crippen LogP contribution in [0.2, 0.25) is 0 Å². The lowest BCUT2D eigenvalue weighted by molar-refractivity contribution is -0.234. The van der Waals surface area contributed by atoms with Gasteiger partial charge in [0.2, 0.25) is 0 Å². The van der Waals surface area contributed by atoms with Gasteiger partial charge in [-0.2, -0.15) is 0 Å². The predicted molar refractivity (Wildman–Crippen MR) is 89.2 cm³/mol. The van der Waals surface area contributed by atoms with E-state index in [1.165, 1.54) is 18.4 Å². The van der Waals surface area contributed by atoms with Gasteiger partial charge in [-0.15, -0.1) is 0 Å². The lowest BCUT2D eigenvalue weighted by Gasteiger charge is -2.53. The first kappa shape index (κ1) is 15.6. The third-order valence-corrected chi connectivity index (χ3v) is 7.05. The van der Waals surface area contributed by atoms with Crippen molar-refractivity contribution in [3.8, 4) is 0 Å². The molecule has 0 saturated heterocycles. The molecular weight excluding hydrogens is 288 g/mol.